The van der Waals surface area contributed by atoms with Crippen molar-refractivity contribution in [3.05, 3.63) is 11.1 Å². The van der Waals surface area contributed by atoms with E-state index in [1.807, 2.05) is 11.1 Å². The molecule has 0 atom stereocenters. The SMILES string of the molecule is C1C2CC1C1=C2C2CC1C2. The molecule has 52 valence electrons. The van der Waals surface area contributed by atoms with Gasteiger partial charge in [0, 0.05) is 0 Å². The summed E-state index contributed by atoms with van der Waals surface area (Å²) in [4.78, 5) is 0. The van der Waals surface area contributed by atoms with Gasteiger partial charge in [-0.25, -0.2) is 0 Å². The van der Waals surface area contributed by atoms with Crippen LogP contribution in [-0.4, -0.2) is 0 Å². The fraction of sp³-hybridized carbons (Fsp3) is 0.800. The van der Waals surface area contributed by atoms with E-state index >= 15 is 0 Å². The highest BCUT2D eigenvalue weighted by Crippen LogP contribution is 2.69. The van der Waals surface area contributed by atoms with Crippen molar-refractivity contribution >= 4 is 0 Å². The molecule has 0 aromatic rings. The molecule has 4 bridgehead atoms. The zero-order valence-electron chi connectivity index (χ0n) is 6.14. The minimum atomic E-state index is 1.11. The molecule has 0 aromatic heterocycles. The van der Waals surface area contributed by atoms with Crippen molar-refractivity contribution < 1.29 is 0 Å². The highest BCUT2D eigenvalue weighted by Gasteiger charge is 2.57. The summed E-state index contributed by atoms with van der Waals surface area (Å²) < 4.78 is 0. The molecule has 6 aliphatic rings. The Bertz CT molecular complexity index is 191. The molecule has 2 saturated carbocycles. The highest BCUT2D eigenvalue weighted by molar-refractivity contribution is 5.44. The lowest BCUT2D eigenvalue weighted by atomic mass is 9.66. The van der Waals surface area contributed by atoms with Gasteiger partial charge in [0.1, 0.15) is 0 Å². The predicted octanol–water partition coefficient (Wildman–Crippen LogP) is 2.36. The Hall–Kier alpha value is -0.260. The van der Waals surface area contributed by atoms with Crippen molar-refractivity contribution in [3.8, 4) is 0 Å². The van der Waals surface area contributed by atoms with Crippen LogP contribution in [0.3, 0.4) is 0 Å². The van der Waals surface area contributed by atoms with E-state index in [1.165, 1.54) is 0 Å². The van der Waals surface area contributed by atoms with E-state index in [1.54, 1.807) is 25.7 Å². The molecule has 0 N–H and O–H groups in total. The third-order valence-electron chi connectivity index (χ3n) is 4.37. The van der Waals surface area contributed by atoms with Gasteiger partial charge in [-0.3, -0.25) is 0 Å². The van der Waals surface area contributed by atoms with E-state index in [0.717, 1.165) is 23.7 Å². The molecular weight excluding hydrogens is 120 g/mol. The summed E-state index contributed by atoms with van der Waals surface area (Å²) in [6.07, 6.45) is 6.27. The average molecular weight is 132 g/mol. The largest absolute Gasteiger partial charge is 0.0642 e. The Labute approximate surface area is 61.3 Å². The lowest BCUT2D eigenvalue weighted by Gasteiger charge is -2.38. The van der Waals surface area contributed by atoms with Crippen molar-refractivity contribution in [3.63, 3.8) is 0 Å². The highest BCUT2D eigenvalue weighted by atomic mass is 14.6. The average Bonchev–Trinajstić information content (AvgIpc) is 2.04. The molecule has 0 heteroatoms. The molecule has 0 saturated heterocycles. The summed E-state index contributed by atoms with van der Waals surface area (Å²) in [6.45, 7) is 0. The molecule has 0 amide bonds. The van der Waals surface area contributed by atoms with Gasteiger partial charge >= 0.3 is 0 Å². The Morgan fingerprint density at radius 2 is 0.900 bits per heavy atom. The van der Waals surface area contributed by atoms with Crippen molar-refractivity contribution in [2.24, 2.45) is 23.7 Å². The first-order valence-electron chi connectivity index (χ1n) is 4.67. The third-order valence-corrected chi connectivity index (χ3v) is 4.37. The fourth-order valence-electron chi connectivity index (χ4n) is 3.86. The third kappa shape index (κ3) is 0.275. The Kier molecular flexibility index (Phi) is 0.508. The Balaban J connectivity index is 1.95. The van der Waals surface area contributed by atoms with Gasteiger partial charge in [-0.2, -0.15) is 0 Å². The van der Waals surface area contributed by atoms with Crippen molar-refractivity contribution in [2.75, 3.05) is 0 Å². The van der Waals surface area contributed by atoms with Gasteiger partial charge in [-0.15, -0.1) is 0 Å². The molecule has 0 spiro atoms. The molecule has 0 heterocycles. The molecule has 0 nitrogen and oxygen atoms in total. The van der Waals surface area contributed by atoms with Crippen molar-refractivity contribution in [1.82, 2.24) is 0 Å². The summed E-state index contributed by atoms with van der Waals surface area (Å²) in [5, 5.41) is 0. The van der Waals surface area contributed by atoms with Crippen LogP contribution in [0.25, 0.3) is 0 Å². The predicted molar refractivity (Wildman–Crippen MR) is 39.5 cm³/mol. The number of rotatable bonds is 0. The fourth-order valence-corrected chi connectivity index (χ4v) is 3.86. The lowest BCUT2D eigenvalue weighted by molar-refractivity contribution is 0.201. The van der Waals surface area contributed by atoms with Crippen molar-refractivity contribution in [2.45, 2.75) is 25.7 Å². The minimum Gasteiger partial charge on any atom is -0.0642 e. The van der Waals surface area contributed by atoms with E-state index in [4.69, 9.17) is 0 Å². The monoisotopic (exact) mass is 132 g/mol. The zero-order valence-corrected chi connectivity index (χ0v) is 6.14. The summed E-state index contributed by atoms with van der Waals surface area (Å²) in [5.74, 6) is 4.44. The van der Waals surface area contributed by atoms with Crippen LogP contribution in [0.1, 0.15) is 25.7 Å². The summed E-state index contributed by atoms with van der Waals surface area (Å²) >= 11 is 0. The molecule has 0 radical (unpaired) electrons. The molecule has 6 aliphatic carbocycles. The van der Waals surface area contributed by atoms with E-state index < -0.39 is 0 Å². The normalized spacial score (nSPS) is 60.0. The molecule has 6 rings (SSSR count). The lowest BCUT2D eigenvalue weighted by Crippen LogP contribution is -2.28. The quantitative estimate of drug-likeness (QED) is 0.444. The summed E-state index contributed by atoms with van der Waals surface area (Å²) in [7, 11) is 0. The number of hydrogen-bond acceptors (Lipinski definition) is 0. The summed E-state index contributed by atoms with van der Waals surface area (Å²) in [6, 6.07) is 0. The second-order valence-corrected chi connectivity index (χ2v) is 4.64. The van der Waals surface area contributed by atoms with Crippen LogP contribution in [0, 0.1) is 23.7 Å². The summed E-state index contributed by atoms with van der Waals surface area (Å²) in [5.41, 5.74) is 3.96. The van der Waals surface area contributed by atoms with Gasteiger partial charge in [0.05, 0.1) is 0 Å². The second-order valence-electron chi connectivity index (χ2n) is 4.64. The molecule has 10 heavy (non-hydrogen) atoms. The molecular formula is C10H12. The Morgan fingerprint density at radius 1 is 0.600 bits per heavy atom. The van der Waals surface area contributed by atoms with Gasteiger partial charge in [0.25, 0.3) is 0 Å². The first kappa shape index (κ1) is 4.58. The van der Waals surface area contributed by atoms with Crippen LogP contribution < -0.4 is 0 Å². The van der Waals surface area contributed by atoms with Crippen LogP contribution in [0.5, 0.6) is 0 Å². The minimum absolute atomic E-state index is 1.11. The van der Waals surface area contributed by atoms with E-state index in [0.29, 0.717) is 0 Å². The van der Waals surface area contributed by atoms with Gasteiger partial charge in [0.2, 0.25) is 0 Å². The van der Waals surface area contributed by atoms with Crippen LogP contribution in [-0.2, 0) is 0 Å². The smallest absolute Gasteiger partial charge is 0.0186 e. The molecule has 2 fully saturated rings. The van der Waals surface area contributed by atoms with Crippen LogP contribution >= 0.6 is 0 Å². The first-order valence-corrected chi connectivity index (χ1v) is 4.67. The number of allylic oxidation sites excluding steroid dienone is 2. The van der Waals surface area contributed by atoms with Gasteiger partial charge in [-0.05, 0) is 49.4 Å². The van der Waals surface area contributed by atoms with Gasteiger partial charge < -0.3 is 0 Å². The standard InChI is InChI=1S/C10H12/c1-5-2-6(1)10-8-3-7(4-8)9(5)10/h5-8H,1-4H2. The van der Waals surface area contributed by atoms with Gasteiger partial charge in [-0.1, -0.05) is 11.1 Å². The molecule has 0 aliphatic heterocycles. The number of hydrogen-bond donors (Lipinski definition) is 0. The Morgan fingerprint density at radius 3 is 1.20 bits per heavy atom. The van der Waals surface area contributed by atoms with Crippen LogP contribution in [0.15, 0.2) is 11.1 Å². The van der Waals surface area contributed by atoms with E-state index in [2.05, 4.69) is 0 Å². The van der Waals surface area contributed by atoms with E-state index in [9.17, 15) is 0 Å². The van der Waals surface area contributed by atoms with Gasteiger partial charge in [0.15, 0.2) is 0 Å². The topological polar surface area (TPSA) is 0 Å². The van der Waals surface area contributed by atoms with Crippen LogP contribution in [0.4, 0.5) is 0 Å². The molecule has 0 aromatic carbocycles. The van der Waals surface area contributed by atoms with Crippen LogP contribution in [0.2, 0.25) is 0 Å². The molecule has 0 unspecified atom stereocenters. The maximum atomic E-state index is 1.98. The second kappa shape index (κ2) is 1.11. The zero-order chi connectivity index (χ0) is 6.29. The maximum Gasteiger partial charge on any atom is -0.0186 e. The van der Waals surface area contributed by atoms with E-state index in [-0.39, 0.29) is 0 Å². The first-order chi connectivity index (χ1) is 4.93. The maximum absolute atomic E-state index is 1.98. The van der Waals surface area contributed by atoms with Crippen molar-refractivity contribution in [1.29, 1.82) is 0 Å².